The molecular weight excluding hydrogens is 332 g/mol. The van der Waals surface area contributed by atoms with Gasteiger partial charge in [-0.15, -0.1) is 0 Å². The Labute approximate surface area is 152 Å². The number of methoxy groups -OCH3 is 1. The summed E-state index contributed by atoms with van der Waals surface area (Å²) in [5.74, 6) is 0.696. The van der Waals surface area contributed by atoms with E-state index in [4.69, 9.17) is 9.47 Å². The Kier molecular flexibility index (Phi) is 6.63. The molecule has 0 aliphatic heterocycles. The highest BCUT2D eigenvalue weighted by Gasteiger charge is 2.11. The molecule has 0 fully saturated rings. The predicted molar refractivity (Wildman–Crippen MR) is 99.1 cm³/mol. The zero-order valence-corrected chi connectivity index (χ0v) is 14.7. The number of nitrogens with one attached hydrogen (secondary N) is 1. The molecule has 0 radical (unpaired) electrons. The van der Waals surface area contributed by atoms with Crippen LogP contribution in [0.4, 0.5) is 5.69 Å². The number of anilines is 1. The Balaban J connectivity index is 2.20. The SMILES string of the molecule is CCCOc1ccc(/C=C(/C#N)C(=O)Nc2ccc(O)cc2)cc1OC. The maximum atomic E-state index is 12.3. The highest BCUT2D eigenvalue weighted by molar-refractivity contribution is 6.09. The lowest BCUT2D eigenvalue weighted by atomic mass is 10.1. The van der Waals surface area contributed by atoms with E-state index in [-0.39, 0.29) is 11.3 Å². The molecule has 134 valence electrons. The maximum absolute atomic E-state index is 12.3. The van der Waals surface area contributed by atoms with Crippen LogP contribution >= 0.6 is 0 Å². The number of benzene rings is 2. The lowest BCUT2D eigenvalue weighted by Gasteiger charge is -2.10. The standard InChI is InChI=1S/C20H20N2O4/c1-3-10-26-18-9-4-14(12-19(18)25-2)11-15(13-21)20(24)22-16-5-7-17(23)8-6-16/h4-9,11-12,23H,3,10H2,1-2H3,(H,22,24)/b15-11-. The summed E-state index contributed by atoms with van der Waals surface area (Å²) in [5.41, 5.74) is 1.07. The van der Waals surface area contributed by atoms with E-state index in [0.717, 1.165) is 6.42 Å². The molecule has 2 aromatic rings. The second-order valence-electron chi connectivity index (χ2n) is 5.43. The number of carbonyl (C=O) groups excluding carboxylic acids is 1. The number of rotatable bonds is 7. The number of nitriles is 1. The van der Waals surface area contributed by atoms with Crippen LogP contribution in [0.3, 0.4) is 0 Å². The summed E-state index contributed by atoms with van der Waals surface area (Å²) in [7, 11) is 1.53. The molecule has 0 aliphatic carbocycles. The van der Waals surface area contributed by atoms with E-state index in [0.29, 0.717) is 29.4 Å². The van der Waals surface area contributed by atoms with Crippen molar-refractivity contribution in [2.45, 2.75) is 13.3 Å². The van der Waals surface area contributed by atoms with Gasteiger partial charge in [-0.3, -0.25) is 4.79 Å². The highest BCUT2D eigenvalue weighted by atomic mass is 16.5. The van der Waals surface area contributed by atoms with Crippen molar-refractivity contribution >= 4 is 17.7 Å². The third-order valence-corrected chi connectivity index (χ3v) is 3.45. The average molecular weight is 352 g/mol. The number of amides is 1. The molecule has 0 aliphatic rings. The topological polar surface area (TPSA) is 91.6 Å². The fraction of sp³-hybridized carbons (Fsp3) is 0.200. The fourth-order valence-electron chi connectivity index (χ4n) is 2.16. The summed E-state index contributed by atoms with van der Waals surface area (Å²) < 4.78 is 10.9. The third kappa shape index (κ3) is 5.02. The van der Waals surface area contributed by atoms with E-state index in [1.54, 1.807) is 30.3 Å². The Morgan fingerprint density at radius 3 is 2.58 bits per heavy atom. The third-order valence-electron chi connectivity index (χ3n) is 3.45. The molecule has 2 rings (SSSR count). The summed E-state index contributed by atoms with van der Waals surface area (Å²) in [6.07, 6.45) is 2.35. The molecule has 6 heteroatoms. The van der Waals surface area contributed by atoms with Gasteiger partial charge in [0.2, 0.25) is 0 Å². The Morgan fingerprint density at radius 1 is 1.23 bits per heavy atom. The van der Waals surface area contributed by atoms with Crippen LogP contribution in [-0.4, -0.2) is 24.7 Å². The minimum atomic E-state index is -0.538. The van der Waals surface area contributed by atoms with Crippen LogP contribution in [-0.2, 0) is 4.79 Å². The molecule has 0 saturated carbocycles. The van der Waals surface area contributed by atoms with E-state index in [2.05, 4.69) is 5.32 Å². The highest BCUT2D eigenvalue weighted by Crippen LogP contribution is 2.29. The summed E-state index contributed by atoms with van der Waals surface area (Å²) >= 11 is 0. The minimum absolute atomic E-state index is 0.0534. The molecule has 2 aromatic carbocycles. The number of nitrogens with zero attached hydrogens (tertiary/aromatic N) is 1. The van der Waals surface area contributed by atoms with Gasteiger partial charge in [0.05, 0.1) is 13.7 Å². The van der Waals surface area contributed by atoms with Crippen molar-refractivity contribution in [1.29, 1.82) is 5.26 Å². The van der Waals surface area contributed by atoms with E-state index in [1.165, 1.54) is 25.3 Å². The molecule has 0 spiro atoms. The molecule has 0 atom stereocenters. The Morgan fingerprint density at radius 2 is 1.96 bits per heavy atom. The molecule has 2 N–H and O–H groups in total. The van der Waals surface area contributed by atoms with E-state index >= 15 is 0 Å². The lowest BCUT2D eigenvalue weighted by molar-refractivity contribution is -0.112. The smallest absolute Gasteiger partial charge is 0.266 e. The van der Waals surface area contributed by atoms with Gasteiger partial charge in [-0.1, -0.05) is 13.0 Å². The number of aromatic hydroxyl groups is 1. The lowest BCUT2D eigenvalue weighted by Crippen LogP contribution is -2.13. The average Bonchev–Trinajstić information content (AvgIpc) is 2.66. The van der Waals surface area contributed by atoms with Crippen molar-refractivity contribution in [3.63, 3.8) is 0 Å². The van der Waals surface area contributed by atoms with Crippen LogP contribution in [0.25, 0.3) is 6.08 Å². The van der Waals surface area contributed by atoms with Crippen LogP contribution < -0.4 is 14.8 Å². The largest absolute Gasteiger partial charge is 0.508 e. The maximum Gasteiger partial charge on any atom is 0.266 e. The normalized spacial score (nSPS) is 10.7. The summed E-state index contributed by atoms with van der Waals surface area (Å²) in [5, 5.41) is 21.2. The number of hydrogen-bond acceptors (Lipinski definition) is 5. The Bertz CT molecular complexity index is 836. The minimum Gasteiger partial charge on any atom is -0.508 e. The second kappa shape index (κ2) is 9.14. The van der Waals surface area contributed by atoms with Crippen molar-refractivity contribution in [3.05, 3.63) is 53.6 Å². The molecular formula is C20H20N2O4. The molecule has 0 saturated heterocycles. The summed E-state index contributed by atoms with van der Waals surface area (Å²) in [6, 6.07) is 13.1. The molecule has 1 amide bonds. The van der Waals surface area contributed by atoms with Crippen LogP contribution in [0.15, 0.2) is 48.0 Å². The molecule has 0 bridgehead atoms. The monoisotopic (exact) mass is 352 g/mol. The van der Waals surface area contributed by atoms with Gasteiger partial charge in [0.1, 0.15) is 17.4 Å². The first-order valence-corrected chi connectivity index (χ1v) is 8.10. The van der Waals surface area contributed by atoms with E-state index < -0.39 is 5.91 Å². The van der Waals surface area contributed by atoms with Gasteiger partial charge in [0.25, 0.3) is 5.91 Å². The Hall–Kier alpha value is -3.46. The molecule has 6 nitrogen and oxygen atoms in total. The van der Waals surface area contributed by atoms with Gasteiger partial charge in [-0.2, -0.15) is 5.26 Å². The van der Waals surface area contributed by atoms with Gasteiger partial charge in [0, 0.05) is 5.69 Å². The summed E-state index contributed by atoms with van der Waals surface area (Å²) in [4.78, 5) is 12.3. The first-order valence-electron chi connectivity index (χ1n) is 8.10. The fourth-order valence-corrected chi connectivity index (χ4v) is 2.16. The van der Waals surface area contributed by atoms with Gasteiger partial charge >= 0.3 is 0 Å². The first kappa shape index (κ1) is 18.9. The molecule has 0 unspecified atom stereocenters. The van der Waals surface area contributed by atoms with Crippen molar-refractivity contribution in [1.82, 2.24) is 0 Å². The van der Waals surface area contributed by atoms with Crippen LogP contribution in [0, 0.1) is 11.3 Å². The second-order valence-corrected chi connectivity index (χ2v) is 5.43. The van der Waals surface area contributed by atoms with Crippen molar-refractivity contribution in [2.75, 3.05) is 19.0 Å². The predicted octanol–water partition coefficient (Wildman–Crippen LogP) is 3.74. The van der Waals surface area contributed by atoms with Crippen molar-refractivity contribution in [3.8, 4) is 23.3 Å². The summed E-state index contributed by atoms with van der Waals surface area (Å²) in [6.45, 7) is 2.58. The number of phenolic OH excluding ortho intramolecular Hbond substituents is 1. The number of phenols is 1. The molecule has 0 heterocycles. The van der Waals surface area contributed by atoms with Crippen LogP contribution in [0.2, 0.25) is 0 Å². The molecule has 26 heavy (non-hydrogen) atoms. The van der Waals surface area contributed by atoms with Crippen LogP contribution in [0.1, 0.15) is 18.9 Å². The quantitative estimate of drug-likeness (QED) is 0.450. The van der Waals surface area contributed by atoms with Gasteiger partial charge < -0.3 is 19.9 Å². The zero-order chi connectivity index (χ0) is 18.9. The number of hydrogen-bond donors (Lipinski definition) is 2. The van der Waals surface area contributed by atoms with Gasteiger partial charge in [-0.05, 0) is 54.5 Å². The van der Waals surface area contributed by atoms with Crippen molar-refractivity contribution in [2.24, 2.45) is 0 Å². The van der Waals surface area contributed by atoms with E-state index in [1.807, 2.05) is 13.0 Å². The number of ether oxygens (including phenoxy) is 2. The van der Waals surface area contributed by atoms with Gasteiger partial charge in [-0.25, -0.2) is 0 Å². The van der Waals surface area contributed by atoms with E-state index in [9.17, 15) is 15.2 Å². The number of carbonyl (C=O) groups is 1. The first-order chi connectivity index (χ1) is 12.6. The van der Waals surface area contributed by atoms with Gasteiger partial charge in [0.15, 0.2) is 11.5 Å². The van der Waals surface area contributed by atoms with Crippen molar-refractivity contribution < 1.29 is 19.4 Å². The van der Waals surface area contributed by atoms with Crippen LogP contribution in [0.5, 0.6) is 17.2 Å². The molecule has 0 aromatic heterocycles. The zero-order valence-electron chi connectivity index (χ0n) is 14.7.